The minimum Gasteiger partial charge on any atom is -0.343 e. The lowest BCUT2D eigenvalue weighted by Gasteiger charge is -2.18. The van der Waals surface area contributed by atoms with Crippen molar-refractivity contribution in [3.63, 3.8) is 0 Å². The van der Waals surface area contributed by atoms with Crippen molar-refractivity contribution in [1.82, 2.24) is 24.2 Å². The van der Waals surface area contributed by atoms with Crippen molar-refractivity contribution < 1.29 is 4.79 Å². The van der Waals surface area contributed by atoms with Gasteiger partial charge in [-0.3, -0.25) is 14.2 Å². The molecule has 0 bridgehead atoms. The SMILES string of the molecule is CCN(CC)C(=O)CCn1cnc2c(cnn2-c2ccc(C)cc2)c1=O. The van der Waals surface area contributed by atoms with Gasteiger partial charge in [0.2, 0.25) is 5.91 Å². The maximum atomic E-state index is 12.7. The molecule has 0 aliphatic carbocycles. The predicted octanol–water partition coefficient (Wildman–Crippen LogP) is 2.15. The van der Waals surface area contributed by atoms with Gasteiger partial charge in [-0.05, 0) is 32.9 Å². The molecule has 136 valence electrons. The van der Waals surface area contributed by atoms with Crippen LogP contribution in [0.25, 0.3) is 16.7 Å². The average Bonchev–Trinajstić information content (AvgIpc) is 3.08. The quantitative estimate of drug-likeness (QED) is 0.681. The second-order valence-corrected chi connectivity index (χ2v) is 6.19. The van der Waals surface area contributed by atoms with Crippen LogP contribution >= 0.6 is 0 Å². The highest BCUT2D eigenvalue weighted by atomic mass is 16.2. The van der Waals surface area contributed by atoms with Crippen molar-refractivity contribution in [1.29, 1.82) is 0 Å². The third-order valence-corrected chi connectivity index (χ3v) is 4.52. The molecule has 2 aromatic heterocycles. The molecule has 0 saturated carbocycles. The van der Waals surface area contributed by atoms with Gasteiger partial charge in [0.05, 0.1) is 18.2 Å². The Morgan fingerprint density at radius 2 is 1.85 bits per heavy atom. The van der Waals surface area contributed by atoms with Crippen LogP contribution in [-0.2, 0) is 11.3 Å². The molecule has 0 radical (unpaired) electrons. The molecule has 0 unspecified atom stereocenters. The minimum atomic E-state index is -0.180. The Morgan fingerprint density at radius 1 is 1.15 bits per heavy atom. The summed E-state index contributed by atoms with van der Waals surface area (Å²) in [6.07, 6.45) is 3.31. The van der Waals surface area contributed by atoms with E-state index in [9.17, 15) is 9.59 Å². The topological polar surface area (TPSA) is 73.0 Å². The summed E-state index contributed by atoms with van der Waals surface area (Å²) in [4.78, 5) is 31.0. The van der Waals surface area contributed by atoms with Gasteiger partial charge in [-0.25, -0.2) is 9.67 Å². The lowest BCUT2D eigenvalue weighted by molar-refractivity contribution is -0.131. The third kappa shape index (κ3) is 3.37. The predicted molar refractivity (Wildman–Crippen MR) is 100 cm³/mol. The van der Waals surface area contributed by atoms with Crippen LogP contribution in [0, 0.1) is 6.92 Å². The van der Waals surface area contributed by atoms with Gasteiger partial charge in [-0.2, -0.15) is 5.10 Å². The summed E-state index contributed by atoms with van der Waals surface area (Å²) in [7, 11) is 0. The number of fused-ring (bicyclic) bond motifs is 1. The highest BCUT2D eigenvalue weighted by Gasteiger charge is 2.13. The fourth-order valence-corrected chi connectivity index (χ4v) is 2.93. The van der Waals surface area contributed by atoms with E-state index in [1.165, 1.54) is 17.1 Å². The number of carbonyl (C=O) groups excluding carboxylic acids is 1. The van der Waals surface area contributed by atoms with Crippen LogP contribution in [0.3, 0.4) is 0 Å². The number of hydrogen-bond donors (Lipinski definition) is 0. The molecule has 0 spiro atoms. The Hall–Kier alpha value is -2.96. The zero-order valence-electron chi connectivity index (χ0n) is 15.3. The first-order valence-corrected chi connectivity index (χ1v) is 8.83. The summed E-state index contributed by atoms with van der Waals surface area (Å²) in [6.45, 7) is 7.56. The first-order valence-electron chi connectivity index (χ1n) is 8.83. The Bertz CT molecular complexity index is 968. The van der Waals surface area contributed by atoms with Crippen LogP contribution in [0.2, 0.25) is 0 Å². The molecular weight excluding hydrogens is 330 g/mol. The second-order valence-electron chi connectivity index (χ2n) is 6.19. The molecule has 1 amide bonds. The molecule has 2 heterocycles. The molecular formula is C19H23N5O2. The highest BCUT2D eigenvalue weighted by Crippen LogP contribution is 2.14. The number of amides is 1. The van der Waals surface area contributed by atoms with Crippen LogP contribution in [0.4, 0.5) is 0 Å². The number of carbonyl (C=O) groups is 1. The maximum absolute atomic E-state index is 12.7. The van der Waals surface area contributed by atoms with Crippen molar-refractivity contribution in [3.8, 4) is 5.69 Å². The number of nitrogens with zero attached hydrogens (tertiary/aromatic N) is 5. The van der Waals surface area contributed by atoms with Gasteiger partial charge in [0, 0.05) is 26.1 Å². The summed E-state index contributed by atoms with van der Waals surface area (Å²) in [5.41, 5.74) is 2.34. The first-order chi connectivity index (χ1) is 12.5. The van der Waals surface area contributed by atoms with Gasteiger partial charge < -0.3 is 4.90 Å². The molecule has 7 heteroatoms. The first kappa shape index (κ1) is 17.8. The van der Waals surface area contributed by atoms with Gasteiger partial charge in [-0.15, -0.1) is 0 Å². The molecule has 0 aliphatic heterocycles. The van der Waals surface area contributed by atoms with Crippen molar-refractivity contribution in [3.05, 3.63) is 52.7 Å². The van der Waals surface area contributed by atoms with Crippen LogP contribution in [0.5, 0.6) is 0 Å². The minimum absolute atomic E-state index is 0.0392. The molecule has 0 atom stereocenters. The van der Waals surface area contributed by atoms with Crippen LogP contribution in [-0.4, -0.2) is 43.2 Å². The molecule has 0 fully saturated rings. The zero-order valence-corrected chi connectivity index (χ0v) is 15.3. The standard InChI is InChI=1S/C19H23N5O2/c1-4-22(5-2)17(25)10-11-23-13-20-18-16(19(23)26)12-21-24(18)15-8-6-14(3)7-9-15/h6-9,12-13H,4-5,10-11H2,1-3H3. The number of rotatable bonds is 6. The lowest BCUT2D eigenvalue weighted by atomic mass is 10.2. The Balaban J connectivity index is 1.87. The molecule has 0 saturated heterocycles. The van der Waals surface area contributed by atoms with E-state index < -0.39 is 0 Å². The molecule has 0 N–H and O–H groups in total. The Kier molecular flexibility index (Phi) is 5.16. The van der Waals surface area contributed by atoms with Gasteiger partial charge in [0.25, 0.3) is 5.56 Å². The smallest absolute Gasteiger partial charge is 0.264 e. The van der Waals surface area contributed by atoms with Gasteiger partial charge >= 0.3 is 0 Å². The van der Waals surface area contributed by atoms with E-state index in [0.717, 1.165) is 11.3 Å². The summed E-state index contributed by atoms with van der Waals surface area (Å²) in [6, 6.07) is 7.86. The van der Waals surface area contributed by atoms with Crippen LogP contribution < -0.4 is 5.56 Å². The van der Waals surface area contributed by atoms with E-state index in [2.05, 4.69) is 10.1 Å². The lowest BCUT2D eigenvalue weighted by Crippen LogP contribution is -2.32. The Morgan fingerprint density at radius 3 is 2.50 bits per heavy atom. The van der Waals surface area contributed by atoms with E-state index >= 15 is 0 Å². The summed E-state index contributed by atoms with van der Waals surface area (Å²) in [5, 5.41) is 4.76. The fraction of sp³-hybridized carbons (Fsp3) is 0.368. The largest absolute Gasteiger partial charge is 0.343 e. The van der Waals surface area contributed by atoms with E-state index in [4.69, 9.17) is 0 Å². The van der Waals surface area contributed by atoms with Crippen LogP contribution in [0.1, 0.15) is 25.8 Å². The summed E-state index contributed by atoms with van der Waals surface area (Å²) in [5.74, 6) is 0.0392. The molecule has 26 heavy (non-hydrogen) atoms. The van der Waals surface area contributed by atoms with E-state index in [-0.39, 0.29) is 17.9 Å². The van der Waals surface area contributed by atoms with E-state index in [1.807, 2.05) is 45.0 Å². The average molecular weight is 353 g/mol. The zero-order chi connectivity index (χ0) is 18.7. The fourth-order valence-electron chi connectivity index (χ4n) is 2.93. The van der Waals surface area contributed by atoms with Crippen molar-refractivity contribution in [2.45, 2.75) is 33.7 Å². The van der Waals surface area contributed by atoms with Gasteiger partial charge in [0.15, 0.2) is 5.65 Å². The molecule has 3 aromatic rings. The van der Waals surface area contributed by atoms with E-state index in [0.29, 0.717) is 30.7 Å². The summed E-state index contributed by atoms with van der Waals surface area (Å²) < 4.78 is 3.13. The molecule has 0 aliphatic rings. The van der Waals surface area contributed by atoms with Crippen molar-refractivity contribution in [2.24, 2.45) is 0 Å². The molecule has 1 aromatic carbocycles. The number of aryl methyl sites for hydroxylation is 2. The highest BCUT2D eigenvalue weighted by molar-refractivity contribution is 5.76. The van der Waals surface area contributed by atoms with E-state index in [1.54, 1.807) is 9.58 Å². The van der Waals surface area contributed by atoms with Crippen molar-refractivity contribution in [2.75, 3.05) is 13.1 Å². The molecule has 7 nitrogen and oxygen atoms in total. The van der Waals surface area contributed by atoms with Crippen molar-refractivity contribution >= 4 is 16.9 Å². The number of benzene rings is 1. The molecule has 3 rings (SSSR count). The number of hydrogen-bond acceptors (Lipinski definition) is 4. The van der Waals surface area contributed by atoms with Crippen LogP contribution in [0.15, 0.2) is 41.6 Å². The normalized spacial score (nSPS) is 11.0. The second kappa shape index (κ2) is 7.51. The maximum Gasteiger partial charge on any atom is 0.264 e. The third-order valence-electron chi connectivity index (χ3n) is 4.52. The van der Waals surface area contributed by atoms with Gasteiger partial charge in [0.1, 0.15) is 5.39 Å². The Labute approximate surface area is 151 Å². The van der Waals surface area contributed by atoms with Gasteiger partial charge in [-0.1, -0.05) is 17.7 Å². The number of aromatic nitrogens is 4. The summed E-state index contributed by atoms with van der Waals surface area (Å²) >= 11 is 0. The monoisotopic (exact) mass is 353 g/mol.